The number of rotatable bonds is 6. The molecule has 0 radical (unpaired) electrons. The Morgan fingerprint density at radius 1 is 1.29 bits per heavy atom. The predicted molar refractivity (Wildman–Crippen MR) is 81.8 cm³/mol. The zero-order valence-corrected chi connectivity index (χ0v) is 13.5. The zero-order valence-electron chi connectivity index (χ0n) is 12.7. The molecule has 0 aliphatic rings. The minimum absolute atomic E-state index is 0.0443. The van der Waals surface area contributed by atoms with Crippen molar-refractivity contribution in [3.8, 4) is 5.75 Å². The first-order valence-corrected chi connectivity index (χ1v) is 7.57. The first-order valence-electron chi connectivity index (χ1n) is 6.59. The van der Waals surface area contributed by atoms with E-state index in [1.54, 1.807) is 35.8 Å². The van der Waals surface area contributed by atoms with E-state index in [4.69, 9.17) is 0 Å². The molecule has 6 heteroatoms. The second-order valence-electron chi connectivity index (χ2n) is 5.67. The van der Waals surface area contributed by atoms with Crippen LogP contribution in [0.15, 0.2) is 24.3 Å². The zero-order chi connectivity index (χ0) is 16.0. The van der Waals surface area contributed by atoms with Gasteiger partial charge in [0.2, 0.25) is 5.91 Å². The number of thioether (sulfide) groups is 1. The lowest BCUT2D eigenvalue weighted by atomic mass is 10.2. The minimum Gasteiger partial charge on any atom is -0.435 e. The van der Waals surface area contributed by atoms with Gasteiger partial charge < -0.3 is 9.64 Å². The van der Waals surface area contributed by atoms with Gasteiger partial charge in [-0.2, -0.15) is 8.78 Å². The third kappa shape index (κ3) is 7.32. The second kappa shape index (κ2) is 7.64. The molecule has 0 heterocycles. The molecule has 0 N–H and O–H groups in total. The molecule has 0 aromatic heterocycles. The number of alkyl halides is 2. The van der Waals surface area contributed by atoms with Crippen molar-refractivity contribution in [2.75, 3.05) is 12.8 Å². The van der Waals surface area contributed by atoms with Crippen molar-refractivity contribution in [3.05, 3.63) is 29.8 Å². The molecule has 118 valence electrons. The molecule has 0 atom stereocenters. The quantitative estimate of drug-likeness (QED) is 0.800. The standard InChI is InChI=1S/C15H21F2NO2S/c1-15(2,3)21-10-13(19)18(4)9-11-5-7-12(8-6-11)20-14(16)17/h5-8,14H,9-10H2,1-4H3. The number of hydrogen-bond acceptors (Lipinski definition) is 3. The summed E-state index contributed by atoms with van der Waals surface area (Å²) in [6.07, 6.45) is 0. The average molecular weight is 317 g/mol. The van der Waals surface area contributed by atoms with Crippen LogP contribution in [-0.2, 0) is 11.3 Å². The SMILES string of the molecule is CN(Cc1ccc(OC(F)F)cc1)C(=O)CSC(C)(C)C. The summed E-state index contributed by atoms with van der Waals surface area (Å²) < 4.78 is 28.4. The highest BCUT2D eigenvalue weighted by Gasteiger charge is 2.16. The van der Waals surface area contributed by atoms with Crippen molar-refractivity contribution in [2.45, 2.75) is 38.7 Å². The molecule has 0 aliphatic heterocycles. The van der Waals surface area contributed by atoms with E-state index >= 15 is 0 Å². The van der Waals surface area contributed by atoms with Crippen molar-refractivity contribution in [1.29, 1.82) is 0 Å². The Kier molecular flexibility index (Phi) is 6.45. The summed E-state index contributed by atoms with van der Waals surface area (Å²) in [7, 11) is 1.73. The van der Waals surface area contributed by atoms with Crippen LogP contribution in [0.25, 0.3) is 0 Å². The van der Waals surface area contributed by atoms with Gasteiger partial charge >= 0.3 is 6.61 Å². The van der Waals surface area contributed by atoms with Crippen LogP contribution in [0.5, 0.6) is 5.75 Å². The van der Waals surface area contributed by atoms with E-state index in [2.05, 4.69) is 25.5 Å². The van der Waals surface area contributed by atoms with Crippen LogP contribution in [-0.4, -0.2) is 35.0 Å². The molecule has 0 bridgehead atoms. The Balaban J connectivity index is 2.50. The average Bonchev–Trinajstić information content (AvgIpc) is 2.36. The molecular weight excluding hydrogens is 296 g/mol. The maximum atomic E-state index is 12.0. The molecule has 0 saturated carbocycles. The summed E-state index contributed by atoms with van der Waals surface area (Å²) in [5, 5.41) is 0. The van der Waals surface area contributed by atoms with E-state index < -0.39 is 6.61 Å². The number of carbonyl (C=O) groups is 1. The van der Waals surface area contributed by atoms with Crippen LogP contribution in [0.3, 0.4) is 0 Å². The fourth-order valence-corrected chi connectivity index (χ4v) is 2.30. The highest BCUT2D eigenvalue weighted by Crippen LogP contribution is 2.23. The Morgan fingerprint density at radius 2 is 1.86 bits per heavy atom. The van der Waals surface area contributed by atoms with Gasteiger partial charge in [-0.15, -0.1) is 11.8 Å². The molecule has 0 unspecified atom stereocenters. The van der Waals surface area contributed by atoms with Gasteiger partial charge in [-0.1, -0.05) is 32.9 Å². The molecule has 0 spiro atoms. The summed E-state index contributed by atoms with van der Waals surface area (Å²) in [6, 6.07) is 6.31. The number of halogens is 2. The summed E-state index contributed by atoms with van der Waals surface area (Å²) in [4.78, 5) is 13.6. The Labute approximate surface area is 128 Å². The summed E-state index contributed by atoms with van der Waals surface area (Å²) >= 11 is 1.60. The molecule has 1 aromatic carbocycles. The smallest absolute Gasteiger partial charge is 0.387 e. The third-order valence-electron chi connectivity index (χ3n) is 2.62. The van der Waals surface area contributed by atoms with Gasteiger partial charge in [0.25, 0.3) is 0 Å². The van der Waals surface area contributed by atoms with E-state index in [-0.39, 0.29) is 16.4 Å². The van der Waals surface area contributed by atoms with Gasteiger partial charge in [0.05, 0.1) is 5.75 Å². The fourth-order valence-electron chi connectivity index (χ4n) is 1.53. The monoisotopic (exact) mass is 317 g/mol. The highest BCUT2D eigenvalue weighted by atomic mass is 32.2. The largest absolute Gasteiger partial charge is 0.435 e. The maximum absolute atomic E-state index is 12.0. The van der Waals surface area contributed by atoms with E-state index in [1.807, 2.05) is 0 Å². The van der Waals surface area contributed by atoms with Crippen molar-refractivity contribution in [3.63, 3.8) is 0 Å². The van der Waals surface area contributed by atoms with Gasteiger partial charge in [0.1, 0.15) is 5.75 Å². The minimum atomic E-state index is -2.82. The number of benzene rings is 1. The van der Waals surface area contributed by atoms with Crippen LogP contribution in [0.2, 0.25) is 0 Å². The summed E-state index contributed by atoms with van der Waals surface area (Å²) in [6.45, 7) is 3.80. The number of amides is 1. The van der Waals surface area contributed by atoms with Gasteiger partial charge in [-0.25, -0.2) is 0 Å². The number of nitrogens with zero attached hydrogens (tertiary/aromatic N) is 1. The van der Waals surface area contributed by atoms with Gasteiger partial charge in [0, 0.05) is 18.3 Å². The molecule has 0 fully saturated rings. The maximum Gasteiger partial charge on any atom is 0.387 e. The Morgan fingerprint density at radius 3 is 2.33 bits per heavy atom. The van der Waals surface area contributed by atoms with Gasteiger partial charge in [-0.3, -0.25) is 4.79 Å². The van der Waals surface area contributed by atoms with Crippen molar-refractivity contribution < 1.29 is 18.3 Å². The lowest BCUT2D eigenvalue weighted by molar-refractivity contribution is -0.127. The summed E-state index contributed by atoms with van der Waals surface area (Å²) in [5.41, 5.74) is 0.869. The lowest BCUT2D eigenvalue weighted by Gasteiger charge is -2.21. The van der Waals surface area contributed by atoms with Crippen LogP contribution < -0.4 is 4.74 Å². The van der Waals surface area contributed by atoms with Gasteiger partial charge in [0.15, 0.2) is 0 Å². The van der Waals surface area contributed by atoms with E-state index in [0.29, 0.717) is 12.3 Å². The van der Waals surface area contributed by atoms with Crippen molar-refractivity contribution in [2.24, 2.45) is 0 Å². The first-order chi connectivity index (χ1) is 9.67. The van der Waals surface area contributed by atoms with Crippen LogP contribution in [0.1, 0.15) is 26.3 Å². The van der Waals surface area contributed by atoms with Crippen LogP contribution >= 0.6 is 11.8 Å². The van der Waals surface area contributed by atoms with E-state index in [0.717, 1.165) is 5.56 Å². The van der Waals surface area contributed by atoms with E-state index in [1.165, 1.54) is 12.1 Å². The van der Waals surface area contributed by atoms with E-state index in [9.17, 15) is 13.6 Å². The normalized spacial score (nSPS) is 11.6. The van der Waals surface area contributed by atoms with Crippen LogP contribution in [0, 0.1) is 0 Å². The lowest BCUT2D eigenvalue weighted by Crippen LogP contribution is -2.29. The molecule has 1 amide bonds. The van der Waals surface area contributed by atoms with Gasteiger partial charge in [-0.05, 0) is 17.7 Å². The van der Waals surface area contributed by atoms with Crippen molar-refractivity contribution >= 4 is 17.7 Å². The molecule has 3 nitrogen and oxygen atoms in total. The molecule has 0 aliphatic carbocycles. The second-order valence-corrected chi connectivity index (χ2v) is 7.48. The molecule has 21 heavy (non-hydrogen) atoms. The Bertz CT molecular complexity index is 458. The molecule has 0 saturated heterocycles. The molecular formula is C15H21F2NO2S. The van der Waals surface area contributed by atoms with Crippen LogP contribution in [0.4, 0.5) is 8.78 Å². The molecule has 1 rings (SSSR count). The fraction of sp³-hybridized carbons (Fsp3) is 0.533. The topological polar surface area (TPSA) is 29.5 Å². The predicted octanol–water partition coefficient (Wildman–Crippen LogP) is 3.78. The molecule has 1 aromatic rings. The third-order valence-corrected chi connectivity index (χ3v) is 3.88. The number of carbonyl (C=O) groups excluding carboxylic acids is 1. The number of hydrogen-bond donors (Lipinski definition) is 0. The first kappa shape index (κ1) is 17.8. The highest BCUT2D eigenvalue weighted by molar-refractivity contribution is 8.01. The summed E-state index contributed by atoms with van der Waals surface area (Å²) in [5.74, 6) is 0.584. The Hall–Kier alpha value is -1.30. The van der Waals surface area contributed by atoms with Crippen molar-refractivity contribution in [1.82, 2.24) is 4.90 Å². The number of ether oxygens (including phenoxy) is 1.